The van der Waals surface area contributed by atoms with Gasteiger partial charge in [-0.3, -0.25) is 0 Å². The lowest BCUT2D eigenvalue weighted by molar-refractivity contribution is 0.415. The molecule has 0 saturated heterocycles. The molecule has 0 fully saturated rings. The highest BCUT2D eigenvalue weighted by molar-refractivity contribution is 8.01. The van der Waals surface area contributed by atoms with Crippen LogP contribution < -0.4 is 21.1 Å². The van der Waals surface area contributed by atoms with Gasteiger partial charge >= 0.3 is 0 Å². The summed E-state index contributed by atoms with van der Waals surface area (Å²) < 4.78 is 30.4. The van der Waals surface area contributed by atoms with Crippen LogP contribution in [-0.2, 0) is 9.84 Å². The largest absolute Gasteiger partial charge is 0.495 e. The lowest BCUT2D eigenvalue weighted by atomic mass is 10.3. The summed E-state index contributed by atoms with van der Waals surface area (Å²) in [5.74, 6) is 1.03. The lowest BCUT2D eigenvalue weighted by Crippen LogP contribution is -2.06. The predicted octanol–water partition coefficient (Wildman–Crippen LogP) is 4.61. The SMILES string of the molecule is COc1cc(Sc2nnc(N)s2)ccc1Nc1ncc(Cl)c(Nc2ccccc2S(C)(=O)=O)n1. The van der Waals surface area contributed by atoms with Gasteiger partial charge in [0.25, 0.3) is 0 Å². The van der Waals surface area contributed by atoms with E-state index < -0.39 is 9.84 Å². The zero-order chi connectivity index (χ0) is 24.3. The predicted molar refractivity (Wildman–Crippen MR) is 135 cm³/mol. The molecule has 176 valence electrons. The minimum absolute atomic E-state index is 0.131. The highest BCUT2D eigenvalue weighted by atomic mass is 35.5. The van der Waals surface area contributed by atoms with E-state index in [0.29, 0.717) is 26.6 Å². The Labute approximate surface area is 208 Å². The van der Waals surface area contributed by atoms with Crippen LogP contribution in [0, 0.1) is 0 Å². The fourth-order valence-electron chi connectivity index (χ4n) is 2.86. The molecule has 10 nitrogen and oxygen atoms in total. The van der Waals surface area contributed by atoms with Crippen LogP contribution in [0.1, 0.15) is 0 Å². The highest BCUT2D eigenvalue weighted by Crippen LogP contribution is 2.37. The molecule has 0 aliphatic carbocycles. The number of sulfone groups is 1. The number of aromatic nitrogens is 4. The summed E-state index contributed by atoms with van der Waals surface area (Å²) in [6.45, 7) is 0. The minimum atomic E-state index is -3.46. The summed E-state index contributed by atoms with van der Waals surface area (Å²) >= 11 is 8.97. The Morgan fingerprint density at radius 3 is 2.62 bits per heavy atom. The minimum Gasteiger partial charge on any atom is -0.495 e. The van der Waals surface area contributed by atoms with E-state index in [4.69, 9.17) is 22.1 Å². The van der Waals surface area contributed by atoms with Crippen LogP contribution in [0.3, 0.4) is 0 Å². The van der Waals surface area contributed by atoms with Crippen LogP contribution in [0.4, 0.5) is 28.3 Å². The fourth-order valence-corrected chi connectivity index (χ4v) is 5.48. The number of benzene rings is 2. The third-order valence-electron chi connectivity index (χ3n) is 4.33. The van der Waals surface area contributed by atoms with Gasteiger partial charge in [-0.2, -0.15) is 4.98 Å². The molecule has 2 aromatic heterocycles. The van der Waals surface area contributed by atoms with Gasteiger partial charge in [0.05, 0.1) is 29.6 Å². The monoisotopic (exact) mass is 535 g/mol. The summed E-state index contributed by atoms with van der Waals surface area (Å²) in [7, 11) is -1.91. The molecule has 0 saturated carbocycles. The molecule has 14 heteroatoms. The van der Waals surface area contributed by atoms with E-state index in [2.05, 4.69) is 30.8 Å². The van der Waals surface area contributed by atoms with Crippen LogP contribution in [0.15, 0.2) is 62.8 Å². The maximum Gasteiger partial charge on any atom is 0.229 e. The highest BCUT2D eigenvalue weighted by Gasteiger charge is 2.16. The molecule has 34 heavy (non-hydrogen) atoms. The first-order valence-corrected chi connectivity index (χ1v) is 13.4. The summed E-state index contributed by atoms with van der Waals surface area (Å²) in [6.07, 6.45) is 2.55. The average Bonchev–Trinajstić information content (AvgIpc) is 3.21. The zero-order valence-electron chi connectivity index (χ0n) is 17.8. The molecule has 0 radical (unpaired) electrons. The van der Waals surface area contributed by atoms with E-state index in [1.165, 1.54) is 35.4 Å². The van der Waals surface area contributed by atoms with E-state index in [1.807, 2.05) is 18.2 Å². The second-order valence-electron chi connectivity index (χ2n) is 6.78. The smallest absolute Gasteiger partial charge is 0.229 e. The maximum absolute atomic E-state index is 12.1. The summed E-state index contributed by atoms with van der Waals surface area (Å²) in [4.78, 5) is 9.63. The number of nitrogens with one attached hydrogen (secondary N) is 2. The van der Waals surface area contributed by atoms with Crippen LogP contribution in [0.25, 0.3) is 0 Å². The van der Waals surface area contributed by atoms with Gasteiger partial charge in [-0.1, -0.05) is 46.8 Å². The normalized spacial score (nSPS) is 11.3. The Morgan fingerprint density at radius 1 is 1.12 bits per heavy atom. The molecular weight excluding hydrogens is 518 g/mol. The summed E-state index contributed by atoms with van der Waals surface area (Å²) in [5, 5.41) is 14.5. The quantitative estimate of drug-likeness (QED) is 0.290. The van der Waals surface area contributed by atoms with Crippen molar-refractivity contribution in [3.8, 4) is 5.75 Å². The zero-order valence-corrected chi connectivity index (χ0v) is 21.0. The summed E-state index contributed by atoms with van der Waals surface area (Å²) in [6, 6.07) is 12.0. The number of methoxy groups -OCH3 is 1. The Bertz CT molecular complexity index is 1450. The number of para-hydroxylation sites is 1. The molecular formula is C20H18ClN7O3S3. The molecule has 0 aliphatic rings. The topological polar surface area (TPSA) is 145 Å². The van der Waals surface area contributed by atoms with E-state index in [1.54, 1.807) is 25.3 Å². The van der Waals surface area contributed by atoms with Gasteiger partial charge in [0.1, 0.15) is 10.8 Å². The first kappa shape index (κ1) is 24.0. The number of hydrogen-bond acceptors (Lipinski definition) is 12. The second kappa shape index (κ2) is 10.0. The molecule has 4 aromatic rings. The van der Waals surface area contributed by atoms with Gasteiger partial charge in [-0.25, -0.2) is 13.4 Å². The standard InChI is InChI=1S/C20H18ClN7O3S3/c1-31-15-9-11(32-20-28-27-18(22)33-20)7-8-13(15)25-19-23-10-12(21)17(26-19)24-14-5-3-4-6-16(14)34(2,29)30/h3-10H,1-2H3,(H2,22,27)(H2,23,24,25,26). The third kappa shape index (κ3) is 5.67. The molecule has 2 heterocycles. The molecule has 0 atom stereocenters. The van der Waals surface area contributed by atoms with Gasteiger partial charge in [0.15, 0.2) is 20.0 Å². The van der Waals surface area contributed by atoms with Crippen molar-refractivity contribution in [1.82, 2.24) is 20.2 Å². The number of ether oxygens (including phenoxy) is 1. The second-order valence-corrected chi connectivity index (χ2v) is 11.5. The average molecular weight is 536 g/mol. The molecule has 0 spiro atoms. The van der Waals surface area contributed by atoms with E-state index >= 15 is 0 Å². The number of anilines is 5. The van der Waals surface area contributed by atoms with Crippen molar-refractivity contribution in [2.24, 2.45) is 0 Å². The van der Waals surface area contributed by atoms with Crippen LogP contribution in [0.5, 0.6) is 5.75 Å². The van der Waals surface area contributed by atoms with Gasteiger partial charge < -0.3 is 21.1 Å². The van der Waals surface area contributed by atoms with Crippen molar-refractivity contribution in [2.45, 2.75) is 14.1 Å². The first-order valence-electron chi connectivity index (χ1n) is 9.53. The van der Waals surface area contributed by atoms with Gasteiger partial charge in [0, 0.05) is 11.2 Å². The molecule has 2 aromatic carbocycles. The molecule has 4 N–H and O–H groups in total. The van der Waals surface area contributed by atoms with Gasteiger partial charge in [-0.05, 0) is 30.3 Å². The van der Waals surface area contributed by atoms with Crippen molar-refractivity contribution in [2.75, 3.05) is 29.7 Å². The summed E-state index contributed by atoms with van der Waals surface area (Å²) in [5.41, 5.74) is 6.61. The van der Waals surface area contributed by atoms with Gasteiger partial charge in [-0.15, -0.1) is 10.2 Å². The lowest BCUT2D eigenvalue weighted by Gasteiger charge is -2.14. The van der Waals surface area contributed by atoms with Crippen molar-refractivity contribution in [1.29, 1.82) is 0 Å². The third-order valence-corrected chi connectivity index (χ3v) is 7.55. The molecule has 0 bridgehead atoms. The van der Waals surface area contributed by atoms with E-state index in [9.17, 15) is 8.42 Å². The molecule has 4 rings (SSSR count). The van der Waals surface area contributed by atoms with Crippen LogP contribution in [0.2, 0.25) is 5.02 Å². The van der Waals surface area contributed by atoms with Gasteiger partial charge in [0.2, 0.25) is 11.1 Å². The van der Waals surface area contributed by atoms with Crippen molar-refractivity contribution >= 4 is 72.8 Å². The maximum atomic E-state index is 12.1. The van der Waals surface area contributed by atoms with Crippen LogP contribution >= 0.6 is 34.7 Å². The Kier molecular flexibility index (Phi) is 7.07. The van der Waals surface area contributed by atoms with Crippen molar-refractivity contribution < 1.29 is 13.2 Å². The number of hydrogen-bond donors (Lipinski definition) is 3. The first-order chi connectivity index (χ1) is 16.2. The van der Waals surface area contributed by atoms with E-state index in [0.717, 1.165) is 11.2 Å². The number of rotatable bonds is 8. The molecule has 0 aliphatic heterocycles. The fraction of sp³-hybridized carbons (Fsp3) is 0.100. The molecule has 0 amide bonds. The Balaban J connectivity index is 1.58. The number of nitrogen functional groups attached to an aromatic ring is 1. The van der Waals surface area contributed by atoms with Crippen molar-refractivity contribution in [3.63, 3.8) is 0 Å². The van der Waals surface area contributed by atoms with Crippen LogP contribution in [-0.4, -0.2) is 41.9 Å². The van der Waals surface area contributed by atoms with Crippen molar-refractivity contribution in [3.05, 3.63) is 53.7 Å². The number of halogens is 1. The van der Waals surface area contributed by atoms with E-state index in [-0.39, 0.29) is 21.7 Å². The molecule has 0 unspecified atom stereocenters. The Hall–Kier alpha value is -3.13. The Morgan fingerprint density at radius 2 is 1.91 bits per heavy atom. The number of nitrogens with zero attached hydrogens (tertiary/aromatic N) is 4. The number of nitrogens with two attached hydrogens (primary N) is 1.